The summed E-state index contributed by atoms with van der Waals surface area (Å²) in [6.07, 6.45) is 1.51. The highest BCUT2D eigenvalue weighted by Crippen LogP contribution is 2.23. The van der Waals surface area contributed by atoms with Crippen LogP contribution in [0.25, 0.3) is 0 Å². The molecule has 0 unspecified atom stereocenters. The van der Waals surface area contributed by atoms with Crippen molar-refractivity contribution in [2.24, 2.45) is 0 Å². The van der Waals surface area contributed by atoms with Crippen LogP contribution in [-0.2, 0) is 0 Å². The normalized spacial score (nSPS) is 10.1. The van der Waals surface area contributed by atoms with Crippen LogP contribution < -0.4 is 20.7 Å². The van der Waals surface area contributed by atoms with Crippen molar-refractivity contribution in [3.63, 3.8) is 0 Å². The molecular formula is C20H17FN4O2S. The van der Waals surface area contributed by atoms with Crippen molar-refractivity contribution in [3.05, 3.63) is 78.4 Å². The van der Waals surface area contributed by atoms with E-state index in [4.69, 9.17) is 17.0 Å². The number of rotatable bonds is 5. The number of anilines is 2. The van der Waals surface area contributed by atoms with Gasteiger partial charge in [0.2, 0.25) is 0 Å². The molecule has 8 heteroatoms. The predicted octanol–water partition coefficient (Wildman–Crippen LogP) is 4.18. The zero-order chi connectivity index (χ0) is 19.9. The lowest BCUT2D eigenvalue weighted by atomic mass is 10.3. The molecule has 3 rings (SSSR count). The van der Waals surface area contributed by atoms with Gasteiger partial charge in [-0.2, -0.15) is 0 Å². The minimum absolute atomic E-state index is 0.274. The summed E-state index contributed by atoms with van der Waals surface area (Å²) in [6.45, 7) is 0. The highest BCUT2D eigenvalue weighted by molar-refractivity contribution is 7.80. The number of nitrogens with zero attached hydrogens (tertiary/aromatic N) is 1. The van der Waals surface area contributed by atoms with Gasteiger partial charge in [-0.25, -0.2) is 4.39 Å². The summed E-state index contributed by atoms with van der Waals surface area (Å²) in [4.78, 5) is 15.6. The molecule has 0 radical (unpaired) electrons. The minimum Gasteiger partial charge on any atom is -0.457 e. The van der Waals surface area contributed by atoms with E-state index in [-0.39, 0.29) is 17.4 Å². The van der Waals surface area contributed by atoms with Crippen molar-refractivity contribution in [3.8, 4) is 11.5 Å². The van der Waals surface area contributed by atoms with Crippen molar-refractivity contribution in [2.45, 2.75) is 0 Å². The zero-order valence-electron chi connectivity index (χ0n) is 14.9. The van der Waals surface area contributed by atoms with Gasteiger partial charge in [0.25, 0.3) is 5.91 Å². The number of thiocarbonyl (C=S) groups is 1. The van der Waals surface area contributed by atoms with Crippen LogP contribution in [0.5, 0.6) is 11.5 Å². The highest BCUT2D eigenvalue weighted by Gasteiger charge is 2.07. The number of hydrogen-bond acceptors (Lipinski definition) is 4. The van der Waals surface area contributed by atoms with Crippen LogP contribution in [0.3, 0.4) is 0 Å². The number of aromatic nitrogens is 1. The largest absolute Gasteiger partial charge is 0.457 e. The Hall–Kier alpha value is -3.52. The Balaban J connectivity index is 1.59. The van der Waals surface area contributed by atoms with Gasteiger partial charge in [-0.05, 0) is 66.8 Å². The van der Waals surface area contributed by atoms with Gasteiger partial charge >= 0.3 is 0 Å². The molecule has 0 saturated carbocycles. The number of carbonyl (C=O) groups excluding carboxylic acids is 1. The maximum Gasteiger partial charge on any atom is 0.269 e. The van der Waals surface area contributed by atoms with Gasteiger partial charge in [-0.3, -0.25) is 9.78 Å². The van der Waals surface area contributed by atoms with Crippen LogP contribution in [-0.4, -0.2) is 23.1 Å². The fraction of sp³-hybridized carbons (Fsp3) is 0.0500. The van der Waals surface area contributed by atoms with Crippen LogP contribution in [0.1, 0.15) is 10.5 Å². The highest BCUT2D eigenvalue weighted by atomic mass is 32.1. The lowest BCUT2D eigenvalue weighted by Gasteiger charge is -2.11. The summed E-state index contributed by atoms with van der Waals surface area (Å²) in [5.41, 5.74) is 1.71. The summed E-state index contributed by atoms with van der Waals surface area (Å²) in [5, 5.41) is 8.90. The van der Waals surface area contributed by atoms with Crippen LogP contribution >= 0.6 is 12.2 Å². The Morgan fingerprint density at radius 3 is 2.18 bits per heavy atom. The number of halogens is 1. The van der Waals surface area contributed by atoms with Crippen LogP contribution in [0, 0.1) is 5.82 Å². The van der Waals surface area contributed by atoms with E-state index in [1.807, 2.05) is 0 Å². The number of amides is 1. The van der Waals surface area contributed by atoms with Crippen molar-refractivity contribution in [2.75, 3.05) is 17.7 Å². The third-order valence-electron chi connectivity index (χ3n) is 3.64. The van der Waals surface area contributed by atoms with E-state index in [9.17, 15) is 9.18 Å². The zero-order valence-corrected chi connectivity index (χ0v) is 15.7. The lowest BCUT2D eigenvalue weighted by molar-refractivity contribution is 0.0958. The summed E-state index contributed by atoms with van der Waals surface area (Å²) in [5.74, 6) is 0.503. The quantitative estimate of drug-likeness (QED) is 0.562. The summed E-state index contributed by atoms with van der Waals surface area (Å²) in [7, 11) is 1.54. The molecule has 2 aromatic carbocycles. The molecule has 0 saturated heterocycles. The third-order valence-corrected chi connectivity index (χ3v) is 3.85. The number of carbonyl (C=O) groups is 1. The van der Waals surface area contributed by atoms with E-state index < -0.39 is 0 Å². The van der Waals surface area contributed by atoms with Gasteiger partial charge in [0, 0.05) is 30.7 Å². The molecule has 142 valence electrons. The van der Waals surface area contributed by atoms with Crippen molar-refractivity contribution in [1.29, 1.82) is 0 Å². The van der Waals surface area contributed by atoms with Crippen molar-refractivity contribution >= 4 is 34.6 Å². The number of pyridine rings is 1. The maximum atomic E-state index is 12.9. The first kappa shape index (κ1) is 19.2. The molecule has 3 aromatic rings. The smallest absolute Gasteiger partial charge is 0.269 e. The first-order valence-corrected chi connectivity index (χ1v) is 8.74. The molecule has 0 bridgehead atoms. The molecule has 1 amide bonds. The molecule has 0 aliphatic carbocycles. The van der Waals surface area contributed by atoms with E-state index in [1.165, 1.54) is 18.3 Å². The summed E-state index contributed by atoms with van der Waals surface area (Å²) in [6, 6.07) is 16.3. The predicted molar refractivity (Wildman–Crippen MR) is 110 cm³/mol. The Kier molecular flexibility index (Phi) is 6.13. The van der Waals surface area contributed by atoms with Gasteiger partial charge in [-0.1, -0.05) is 0 Å². The van der Waals surface area contributed by atoms with E-state index in [1.54, 1.807) is 55.6 Å². The van der Waals surface area contributed by atoms with Crippen molar-refractivity contribution in [1.82, 2.24) is 10.3 Å². The maximum absolute atomic E-state index is 12.9. The molecule has 28 heavy (non-hydrogen) atoms. The number of ether oxygens (including phenoxy) is 1. The first-order chi connectivity index (χ1) is 13.5. The molecule has 1 aromatic heterocycles. The number of hydrogen-bond donors (Lipinski definition) is 3. The molecule has 0 aliphatic rings. The van der Waals surface area contributed by atoms with Gasteiger partial charge in [-0.15, -0.1) is 0 Å². The van der Waals surface area contributed by atoms with Gasteiger partial charge < -0.3 is 20.7 Å². The third kappa shape index (κ3) is 5.24. The van der Waals surface area contributed by atoms with Crippen molar-refractivity contribution < 1.29 is 13.9 Å². The second-order valence-corrected chi connectivity index (χ2v) is 6.08. The van der Waals surface area contributed by atoms with Crippen LogP contribution in [0.2, 0.25) is 0 Å². The fourth-order valence-electron chi connectivity index (χ4n) is 2.30. The molecule has 1 heterocycles. The minimum atomic E-state index is -0.309. The Bertz CT molecular complexity index is 978. The van der Waals surface area contributed by atoms with E-state index >= 15 is 0 Å². The molecule has 0 aliphatic heterocycles. The second-order valence-electron chi connectivity index (χ2n) is 5.67. The van der Waals surface area contributed by atoms with Gasteiger partial charge in [0.05, 0.1) is 0 Å². The second kappa shape index (κ2) is 8.92. The Morgan fingerprint density at radius 1 is 0.964 bits per heavy atom. The molecule has 6 nitrogen and oxygen atoms in total. The molecular weight excluding hydrogens is 379 g/mol. The van der Waals surface area contributed by atoms with Crippen LogP contribution in [0.4, 0.5) is 15.8 Å². The monoisotopic (exact) mass is 396 g/mol. The number of benzene rings is 2. The van der Waals surface area contributed by atoms with Gasteiger partial charge in [0.1, 0.15) is 23.0 Å². The first-order valence-electron chi connectivity index (χ1n) is 8.33. The summed E-state index contributed by atoms with van der Waals surface area (Å²) >= 11 is 5.25. The Morgan fingerprint density at radius 2 is 1.57 bits per heavy atom. The molecule has 0 fully saturated rings. The molecule has 3 N–H and O–H groups in total. The van der Waals surface area contributed by atoms with Crippen LogP contribution in [0.15, 0.2) is 66.9 Å². The Labute approximate surface area is 166 Å². The average Bonchev–Trinajstić information content (AvgIpc) is 2.71. The standard InChI is InChI=1S/C20H17FN4O2S/c1-22-19(26)18-12-17(10-11-23-18)27-16-8-6-15(7-9-16)25-20(28)24-14-4-2-13(21)3-5-14/h2-12H,1H3,(H,22,26)(H2,24,25,28). The van der Waals surface area contributed by atoms with E-state index in [0.717, 1.165) is 5.69 Å². The van der Waals surface area contributed by atoms with E-state index in [0.29, 0.717) is 22.3 Å². The summed E-state index contributed by atoms with van der Waals surface area (Å²) < 4.78 is 18.7. The topological polar surface area (TPSA) is 75.3 Å². The number of nitrogens with one attached hydrogen (secondary N) is 3. The van der Waals surface area contributed by atoms with Gasteiger partial charge in [0.15, 0.2) is 5.11 Å². The SMILES string of the molecule is CNC(=O)c1cc(Oc2ccc(NC(=S)Nc3ccc(F)cc3)cc2)ccn1. The lowest BCUT2D eigenvalue weighted by Crippen LogP contribution is -2.19. The molecule has 0 atom stereocenters. The fourth-order valence-corrected chi connectivity index (χ4v) is 2.53. The van der Waals surface area contributed by atoms with E-state index in [2.05, 4.69) is 20.9 Å². The molecule has 0 spiro atoms. The average molecular weight is 396 g/mol.